The van der Waals surface area contributed by atoms with Crippen molar-refractivity contribution in [3.05, 3.63) is 23.8 Å². The maximum atomic E-state index is 5.84. The van der Waals surface area contributed by atoms with Crippen LogP contribution >= 0.6 is 0 Å². The van der Waals surface area contributed by atoms with Crippen molar-refractivity contribution in [3.63, 3.8) is 0 Å². The minimum atomic E-state index is 0.254. The van der Waals surface area contributed by atoms with Gasteiger partial charge in [-0.25, -0.2) is 0 Å². The molecule has 0 aromatic rings. The summed E-state index contributed by atoms with van der Waals surface area (Å²) in [5, 5.41) is 3.65. The van der Waals surface area contributed by atoms with Crippen molar-refractivity contribution in [3.8, 4) is 0 Å². The maximum absolute atomic E-state index is 5.84. The Morgan fingerprint density at radius 2 is 2.24 bits per heavy atom. The topological polar surface area (TPSA) is 38.0 Å². The molecule has 0 saturated carbocycles. The molecule has 2 aliphatic rings. The van der Waals surface area contributed by atoms with Crippen LogP contribution in [-0.2, 0) is 0 Å². The fourth-order valence-corrected chi connectivity index (χ4v) is 3.00. The normalized spacial score (nSPS) is 31.1. The highest BCUT2D eigenvalue weighted by Crippen LogP contribution is 2.32. The quantitative estimate of drug-likeness (QED) is 0.734. The zero-order chi connectivity index (χ0) is 12.1. The highest BCUT2D eigenvalue weighted by atomic mass is 14.9. The number of nitrogens with two attached hydrogens (primary N) is 1. The third kappa shape index (κ3) is 3.68. The van der Waals surface area contributed by atoms with Crippen molar-refractivity contribution in [2.75, 3.05) is 6.54 Å². The van der Waals surface area contributed by atoms with E-state index in [4.69, 9.17) is 5.73 Å². The van der Waals surface area contributed by atoms with E-state index in [9.17, 15) is 0 Å². The van der Waals surface area contributed by atoms with E-state index in [1.807, 2.05) is 0 Å². The Morgan fingerprint density at radius 3 is 2.94 bits per heavy atom. The predicted molar refractivity (Wildman–Crippen MR) is 73.9 cm³/mol. The smallest absolute Gasteiger partial charge is 0.0283 e. The summed E-state index contributed by atoms with van der Waals surface area (Å²) in [4.78, 5) is 0. The van der Waals surface area contributed by atoms with Gasteiger partial charge in [-0.2, -0.15) is 0 Å². The van der Waals surface area contributed by atoms with Gasteiger partial charge in [0, 0.05) is 18.6 Å². The molecule has 2 rings (SSSR count). The van der Waals surface area contributed by atoms with Gasteiger partial charge in [0.05, 0.1) is 0 Å². The molecule has 0 amide bonds. The molecular weight excluding hydrogens is 208 g/mol. The zero-order valence-corrected chi connectivity index (χ0v) is 11.0. The number of nitrogens with one attached hydrogen (secondary N) is 1. The van der Waals surface area contributed by atoms with Crippen LogP contribution < -0.4 is 11.1 Å². The van der Waals surface area contributed by atoms with Crippen LogP contribution in [0.4, 0.5) is 0 Å². The molecule has 3 unspecified atom stereocenters. The van der Waals surface area contributed by atoms with Crippen LogP contribution in [0, 0.1) is 5.92 Å². The molecule has 0 heterocycles. The van der Waals surface area contributed by atoms with Gasteiger partial charge >= 0.3 is 0 Å². The van der Waals surface area contributed by atoms with Crippen molar-refractivity contribution in [1.82, 2.24) is 5.32 Å². The van der Waals surface area contributed by atoms with Crippen molar-refractivity contribution in [1.29, 1.82) is 0 Å². The summed E-state index contributed by atoms with van der Waals surface area (Å²) in [5.41, 5.74) is 7.51. The first-order valence-corrected chi connectivity index (χ1v) is 7.11. The monoisotopic (exact) mass is 234 g/mol. The SMILES string of the molecule is CC(N)CNC1CCCC=C1C1CC=CCC1. The fourth-order valence-electron chi connectivity index (χ4n) is 3.00. The lowest BCUT2D eigenvalue weighted by atomic mass is 9.79. The molecule has 0 aromatic heterocycles. The van der Waals surface area contributed by atoms with E-state index in [2.05, 4.69) is 30.5 Å². The second kappa shape index (κ2) is 6.36. The van der Waals surface area contributed by atoms with Crippen LogP contribution in [0.15, 0.2) is 23.8 Å². The van der Waals surface area contributed by atoms with E-state index in [1.165, 1.54) is 38.5 Å². The molecule has 0 radical (unpaired) electrons. The third-order valence-electron chi connectivity index (χ3n) is 3.91. The van der Waals surface area contributed by atoms with Gasteiger partial charge in [-0.3, -0.25) is 0 Å². The number of allylic oxidation sites excluding steroid dienone is 3. The Bertz CT molecular complexity index is 291. The summed E-state index contributed by atoms with van der Waals surface area (Å²) < 4.78 is 0. The van der Waals surface area contributed by atoms with E-state index >= 15 is 0 Å². The van der Waals surface area contributed by atoms with E-state index in [0.29, 0.717) is 6.04 Å². The number of hydrogen-bond donors (Lipinski definition) is 2. The van der Waals surface area contributed by atoms with Crippen LogP contribution in [0.1, 0.15) is 45.4 Å². The van der Waals surface area contributed by atoms with Crippen LogP contribution in [0.3, 0.4) is 0 Å². The molecule has 3 N–H and O–H groups in total. The Hall–Kier alpha value is -0.600. The molecular formula is C15H26N2. The Morgan fingerprint density at radius 1 is 1.35 bits per heavy atom. The van der Waals surface area contributed by atoms with Gasteiger partial charge in [-0.15, -0.1) is 0 Å². The molecule has 0 fully saturated rings. The van der Waals surface area contributed by atoms with Gasteiger partial charge in [0.2, 0.25) is 0 Å². The molecule has 0 bridgehead atoms. The average molecular weight is 234 g/mol. The van der Waals surface area contributed by atoms with Crippen LogP contribution in [0.2, 0.25) is 0 Å². The summed E-state index contributed by atoms with van der Waals surface area (Å²) in [5.74, 6) is 0.783. The van der Waals surface area contributed by atoms with Crippen molar-refractivity contribution >= 4 is 0 Å². The van der Waals surface area contributed by atoms with Gasteiger partial charge in [0.15, 0.2) is 0 Å². The molecule has 0 saturated heterocycles. The van der Waals surface area contributed by atoms with E-state index in [1.54, 1.807) is 5.57 Å². The van der Waals surface area contributed by atoms with Crippen molar-refractivity contribution in [2.24, 2.45) is 11.7 Å². The average Bonchev–Trinajstić information content (AvgIpc) is 2.38. The first-order valence-electron chi connectivity index (χ1n) is 7.11. The van der Waals surface area contributed by atoms with Gasteiger partial charge in [0.1, 0.15) is 0 Å². The Labute approximate surface area is 105 Å². The summed E-state index contributed by atoms with van der Waals surface area (Å²) in [6, 6.07) is 0.843. The molecule has 2 heteroatoms. The highest BCUT2D eigenvalue weighted by Gasteiger charge is 2.24. The molecule has 96 valence electrons. The molecule has 2 nitrogen and oxygen atoms in total. The van der Waals surface area contributed by atoms with Crippen LogP contribution in [-0.4, -0.2) is 18.6 Å². The summed E-state index contributed by atoms with van der Waals surface area (Å²) in [6.07, 6.45) is 14.9. The standard InChI is InChI=1S/C15H26N2/c1-12(16)11-17-15-10-6-5-9-14(15)13-7-3-2-4-8-13/h2-3,9,12-13,15,17H,4-8,10-11,16H2,1H3. The molecule has 0 aliphatic heterocycles. The van der Waals surface area contributed by atoms with Crippen LogP contribution in [0.5, 0.6) is 0 Å². The minimum absolute atomic E-state index is 0.254. The van der Waals surface area contributed by atoms with E-state index in [-0.39, 0.29) is 6.04 Å². The fraction of sp³-hybridized carbons (Fsp3) is 0.733. The Balaban J connectivity index is 1.96. The molecule has 0 spiro atoms. The Kier molecular flexibility index (Phi) is 4.81. The molecule has 3 atom stereocenters. The third-order valence-corrected chi connectivity index (χ3v) is 3.91. The zero-order valence-electron chi connectivity index (χ0n) is 11.0. The maximum Gasteiger partial charge on any atom is 0.0283 e. The van der Waals surface area contributed by atoms with Crippen molar-refractivity contribution in [2.45, 2.75) is 57.5 Å². The molecule has 2 aliphatic carbocycles. The van der Waals surface area contributed by atoms with Gasteiger partial charge in [-0.05, 0) is 51.4 Å². The van der Waals surface area contributed by atoms with E-state index in [0.717, 1.165) is 12.5 Å². The second-order valence-corrected chi connectivity index (χ2v) is 5.55. The minimum Gasteiger partial charge on any atom is -0.327 e. The lowest BCUT2D eigenvalue weighted by Crippen LogP contribution is -2.41. The lowest BCUT2D eigenvalue weighted by molar-refractivity contribution is 0.417. The highest BCUT2D eigenvalue weighted by molar-refractivity contribution is 5.20. The van der Waals surface area contributed by atoms with Gasteiger partial charge in [0.25, 0.3) is 0 Å². The predicted octanol–water partition coefficient (Wildman–Crippen LogP) is 2.76. The van der Waals surface area contributed by atoms with Gasteiger partial charge < -0.3 is 11.1 Å². The summed E-state index contributed by atoms with van der Waals surface area (Å²) in [7, 11) is 0. The van der Waals surface area contributed by atoms with E-state index < -0.39 is 0 Å². The number of rotatable bonds is 4. The first kappa shape index (κ1) is 12.8. The number of hydrogen-bond acceptors (Lipinski definition) is 2. The first-order chi connectivity index (χ1) is 8.27. The molecule has 0 aromatic carbocycles. The summed E-state index contributed by atoms with van der Waals surface area (Å²) >= 11 is 0. The van der Waals surface area contributed by atoms with Crippen molar-refractivity contribution < 1.29 is 0 Å². The second-order valence-electron chi connectivity index (χ2n) is 5.55. The summed E-state index contributed by atoms with van der Waals surface area (Å²) in [6.45, 7) is 3.01. The largest absolute Gasteiger partial charge is 0.327 e. The molecule has 17 heavy (non-hydrogen) atoms. The van der Waals surface area contributed by atoms with Gasteiger partial charge in [-0.1, -0.05) is 23.8 Å². The lowest BCUT2D eigenvalue weighted by Gasteiger charge is -2.32. The van der Waals surface area contributed by atoms with Crippen LogP contribution in [0.25, 0.3) is 0 Å².